The molecule has 0 N–H and O–H groups in total. The molecule has 4 heteroatoms. The molecule has 0 saturated heterocycles. The molecule has 0 fully saturated rings. The zero-order valence-electron chi connectivity index (χ0n) is 14.2. The molecule has 0 amide bonds. The van der Waals surface area contributed by atoms with Crippen LogP contribution in [0.25, 0.3) is 21.6 Å². The van der Waals surface area contributed by atoms with Gasteiger partial charge < -0.3 is 0 Å². The molecule has 0 nitrogen and oxygen atoms in total. The summed E-state index contributed by atoms with van der Waals surface area (Å²) in [5.74, 6) is -1.67. The molecule has 0 saturated carbocycles. The van der Waals surface area contributed by atoms with Crippen molar-refractivity contribution in [1.82, 2.24) is 0 Å². The summed E-state index contributed by atoms with van der Waals surface area (Å²) in [6.45, 7) is 6.39. The van der Waals surface area contributed by atoms with Crippen molar-refractivity contribution in [1.29, 1.82) is 0 Å². The summed E-state index contributed by atoms with van der Waals surface area (Å²) in [6.07, 6.45) is 0. The van der Waals surface area contributed by atoms with Crippen LogP contribution in [-0.4, -0.2) is 0 Å². The fourth-order valence-corrected chi connectivity index (χ4v) is 5.16. The SMILES string of the molecule is CC(C)(C)C1c2ccccc2-c2sc(Cl)cc2-c2c1ccc(F)c2F. The molecule has 1 unspecified atom stereocenters. The zero-order valence-corrected chi connectivity index (χ0v) is 15.7. The molecule has 0 aliphatic heterocycles. The molecule has 0 radical (unpaired) electrons. The Morgan fingerprint density at radius 2 is 1.68 bits per heavy atom. The highest BCUT2D eigenvalue weighted by Gasteiger charge is 2.37. The maximum Gasteiger partial charge on any atom is 0.166 e. The van der Waals surface area contributed by atoms with E-state index in [0.717, 1.165) is 21.6 Å². The maximum atomic E-state index is 14.9. The van der Waals surface area contributed by atoms with Crippen LogP contribution in [0.15, 0.2) is 42.5 Å². The average Bonchev–Trinajstić information content (AvgIpc) is 2.86. The number of thiophene rings is 1. The fraction of sp³-hybridized carbons (Fsp3) is 0.238. The van der Waals surface area contributed by atoms with Crippen LogP contribution >= 0.6 is 22.9 Å². The van der Waals surface area contributed by atoms with Gasteiger partial charge in [-0.3, -0.25) is 0 Å². The molecule has 3 aromatic rings. The first kappa shape index (κ1) is 16.7. The van der Waals surface area contributed by atoms with E-state index in [-0.39, 0.29) is 11.3 Å². The molecule has 1 atom stereocenters. The Bertz CT molecular complexity index is 982. The summed E-state index contributed by atoms with van der Waals surface area (Å²) in [5.41, 5.74) is 3.85. The summed E-state index contributed by atoms with van der Waals surface area (Å²) in [6, 6.07) is 12.8. The van der Waals surface area contributed by atoms with Gasteiger partial charge in [0.05, 0.1) is 4.34 Å². The van der Waals surface area contributed by atoms with E-state index in [4.69, 9.17) is 11.6 Å². The predicted octanol–water partition coefficient (Wildman–Crippen LogP) is 7.51. The molecular weight excluding hydrogens is 358 g/mol. The summed E-state index contributed by atoms with van der Waals surface area (Å²) in [5, 5.41) is 0. The number of rotatable bonds is 0. The summed E-state index contributed by atoms with van der Waals surface area (Å²) in [4.78, 5) is 0.901. The summed E-state index contributed by atoms with van der Waals surface area (Å²) in [7, 11) is 0. The van der Waals surface area contributed by atoms with Gasteiger partial charge in [0.2, 0.25) is 0 Å². The van der Waals surface area contributed by atoms with Gasteiger partial charge in [-0.05, 0) is 34.2 Å². The van der Waals surface area contributed by atoms with Crippen LogP contribution in [-0.2, 0) is 0 Å². The van der Waals surface area contributed by atoms with Crippen molar-refractivity contribution in [2.45, 2.75) is 26.7 Å². The molecule has 0 bridgehead atoms. The first-order valence-electron chi connectivity index (χ1n) is 8.16. The van der Waals surface area contributed by atoms with Gasteiger partial charge in [-0.1, -0.05) is 62.7 Å². The third-order valence-corrected chi connectivity index (χ3v) is 6.09. The number of fused-ring (bicyclic) bond motifs is 5. The van der Waals surface area contributed by atoms with Crippen molar-refractivity contribution in [3.63, 3.8) is 0 Å². The minimum atomic E-state index is -0.828. The molecule has 0 spiro atoms. The zero-order chi connectivity index (χ0) is 17.9. The van der Waals surface area contributed by atoms with Crippen LogP contribution < -0.4 is 0 Å². The minimum absolute atomic E-state index is 0.0489. The number of halogens is 3. The molecule has 2 aromatic carbocycles. The van der Waals surface area contributed by atoms with Gasteiger partial charge in [0.25, 0.3) is 0 Å². The summed E-state index contributed by atoms with van der Waals surface area (Å²) < 4.78 is 29.6. The highest BCUT2D eigenvalue weighted by Crippen LogP contribution is 2.55. The first-order valence-corrected chi connectivity index (χ1v) is 9.35. The lowest BCUT2D eigenvalue weighted by Crippen LogP contribution is -2.20. The number of hydrogen-bond donors (Lipinski definition) is 0. The predicted molar refractivity (Wildman–Crippen MR) is 101 cm³/mol. The lowest BCUT2D eigenvalue weighted by molar-refractivity contribution is 0.358. The second-order valence-electron chi connectivity index (χ2n) is 7.51. The largest absolute Gasteiger partial charge is 0.204 e. The molecule has 1 aromatic heterocycles. The first-order chi connectivity index (χ1) is 11.8. The Balaban J connectivity index is 2.20. The van der Waals surface area contributed by atoms with E-state index in [1.165, 1.54) is 17.4 Å². The summed E-state index contributed by atoms with van der Waals surface area (Å²) >= 11 is 7.67. The lowest BCUT2D eigenvalue weighted by Gasteiger charge is -2.33. The van der Waals surface area contributed by atoms with E-state index >= 15 is 0 Å². The maximum absolute atomic E-state index is 14.9. The van der Waals surface area contributed by atoms with E-state index in [1.807, 2.05) is 18.2 Å². The van der Waals surface area contributed by atoms with E-state index in [2.05, 4.69) is 26.8 Å². The minimum Gasteiger partial charge on any atom is -0.204 e. The van der Waals surface area contributed by atoms with Crippen molar-refractivity contribution in [2.24, 2.45) is 5.41 Å². The van der Waals surface area contributed by atoms with Gasteiger partial charge in [-0.25, -0.2) is 8.78 Å². The van der Waals surface area contributed by atoms with E-state index < -0.39 is 11.6 Å². The van der Waals surface area contributed by atoms with Crippen molar-refractivity contribution >= 4 is 22.9 Å². The highest BCUT2D eigenvalue weighted by atomic mass is 35.5. The Hall–Kier alpha value is -1.71. The van der Waals surface area contributed by atoms with Crippen LogP contribution in [0, 0.1) is 17.0 Å². The smallest absolute Gasteiger partial charge is 0.166 e. The second kappa shape index (κ2) is 5.65. The lowest BCUT2D eigenvalue weighted by atomic mass is 9.71. The molecule has 25 heavy (non-hydrogen) atoms. The normalized spacial score (nSPS) is 16.0. The van der Waals surface area contributed by atoms with Gasteiger partial charge in [-0.15, -0.1) is 11.3 Å². The monoisotopic (exact) mass is 374 g/mol. The Kier molecular flexibility index (Phi) is 3.78. The molecule has 1 aliphatic carbocycles. The van der Waals surface area contributed by atoms with E-state index in [9.17, 15) is 8.78 Å². The van der Waals surface area contributed by atoms with E-state index in [1.54, 1.807) is 12.1 Å². The standard InChI is InChI=1S/C21H17ClF2S/c1-21(2,3)18-11-6-4-5-7-12(11)20-14(10-16(22)25-20)17-13(18)8-9-15(23)19(17)24/h4-10,18H,1-3H3. The quantitative estimate of drug-likeness (QED) is 0.382. The molecule has 1 heterocycles. The molecular formula is C21H17ClF2S. The third-order valence-electron chi connectivity index (χ3n) is 4.79. The average molecular weight is 375 g/mol. The van der Waals surface area contributed by atoms with Crippen LogP contribution in [0.5, 0.6) is 0 Å². The van der Waals surface area contributed by atoms with Crippen molar-refractivity contribution < 1.29 is 8.78 Å². The van der Waals surface area contributed by atoms with E-state index in [0.29, 0.717) is 15.5 Å². The molecule has 128 valence electrons. The fourth-order valence-electron chi connectivity index (χ4n) is 3.88. The Morgan fingerprint density at radius 3 is 2.40 bits per heavy atom. The Morgan fingerprint density at radius 1 is 0.960 bits per heavy atom. The van der Waals surface area contributed by atoms with Crippen LogP contribution in [0.4, 0.5) is 8.78 Å². The number of benzene rings is 2. The van der Waals surface area contributed by atoms with Crippen LogP contribution in [0.1, 0.15) is 37.8 Å². The molecule has 1 aliphatic rings. The van der Waals surface area contributed by atoms with Crippen molar-refractivity contribution in [2.75, 3.05) is 0 Å². The third kappa shape index (κ3) is 2.52. The van der Waals surface area contributed by atoms with Crippen LogP contribution in [0.2, 0.25) is 4.34 Å². The van der Waals surface area contributed by atoms with Crippen molar-refractivity contribution in [3.8, 4) is 21.6 Å². The topological polar surface area (TPSA) is 0 Å². The second-order valence-corrected chi connectivity index (χ2v) is 9.19. The van der Waals surface area contributed by atoms with Gasteiger partial charge in [0.1, 0.15) is 0 Å². The highest BCUT2D eigenvalue weighted by molar-refractivity contribution is 7.20. The van der Waals surface area contributed by atoms with Gasteiger partial charge in [-0.2, -0.15) is 0 Å². The molecule has 4 rings (SSSR count). The van der Waals surface area contributed by atoms with Gasteiger partial charge in [0.15, 0.2) is 11.6 Å². The number of hydrogen-bond acceptors (Lipinski definition) is 1. The van der Waals surface area contributed by atoms with Crippen LogP contribution in [0.3, 0.4) is 0 Å². The van der Waals surface area contributed by atoms with Crippen molar-refractivity contribution in [3.05, 3.63) is 69.6 Å². The van der Waals surface area contributed by atoms with Gasteiger partial charge >= 0.3 is 0 Å². The van der Waals surface area contributed by atoms with Gasteiger partial charge in [0, 0.05) is 21.9 Å². The Labute approximate surface area is 155 Å².